The number of aryl methyl sites for hydroxylation is 2. The number of hydrogen-bond acceptors (Lipinski definition) is 6. The van der Waals surface area contributed by atoms with E-state index in [0.717, 1.165) is 40.8 Å². The molecule has 0 bridgehead atoms. The summed E-state index contributed by atoms with van der Waals surface area (Å²) in [6, 6.07) is 7.28. The highest BCUT2D eigenvalue weighted by Crippen LogP contribution is 2.40. The molecular weight excluding hydrogens is 422 g/mol. The Bertz CT molecular complexity index is 1210. The van der Waals surface area contributed by atoms with Crippen LogP contribution >= 0.6 is 0 Å². The van der Waals surface area contributed by atoms with Gasteiger partial charge < -0.3 is 19.7 Å². The molecule has 1 aliphatic carbocycles. The Balaban J connectivity index is 1.51. The largest absolute Gasteiger partial charge is 0.493 e. The zero-order valence-electron chi connectivity index (χ0n) is 19.6. The lowest BCUT2D eigenvalue weighted by Crippen LogP contribution is -2.27. The summed E-state index contributed by atoms with van der Waals surface area (Å²) >= 11 is 0. The molecule has 4 rings (SSSR count). The summed E-state index contributed by atoms with van der Waals surface area (Å²) < 4.78 is 12.7. The fourth-order valence-electron chi connectivity index (χ4n) is 3.72. The third-order valence-electron chi connectivity index (χ3n) is 5.76. The van der Waals surface area contributed by atoms with E-state index >= 15 is 0 Å². The molecule has 0 spiro atoms. The number of nitrogens with one attached hydrogen (secondary N) is 1. The van der Waals surface area contributed by atoms with Crippen molar-refractivity contribution in [2.45, 2.75) is 32.2 Å². The molecule has 2 amide bonds. The summed E-state index contributed by atoms with van der Waals surface area (Å²) in [4.78, 5) is 31.2. The van der Waals surface area contributed by atoms with Gasteiger partial charge in [0.2, 0.25) is 0 Å². The summed E-state index contributed by atoms with van der Waals surface area (Å²) in [6.07, 6.45) is 2.20. The Morgan fingerprint density at radius 1 is 1.21 bits per heavy atom. The number of aromatic nitrogens is 3. The smallest absolute Gasteiger partial charge is 0.259 e. The Morgan fingerprint density at radius 2 is 1.97 bits per heavy atom. The molecule has 33 heavy (non-hydrogen) atoms. The summed E-state index contributed by atoms with van der Waals surface area (Å²) in [6.45, 7) is 2.13. The maximum absolute atomic E-state index is 13.2. The van der Waals surface area contributed by atoms with Gasteiger partial charge in [-0.05, 0) is 43.5 Å². The molecule has 3 aromatic rings. The van der Waals surface area contributed by atoms with Crippen LogP contribution < -0.4 is 14.8 Å². The van der Waals surface area contributed by atoms with Gasteiger partial charge in [0.15, 0.2) is 23.8 Å². The fourth-order valence-corrected chi connectivity index (χ4v) is 3.72. The monoisotopic (exact) mass is 451 g/mol. The molecule has 1 N–H and O–H groups in total. The molecule has 9 heteroatoms. The molecule has 174 valence electrons. The number of nitrogens with zero attached hydrogens (tertiary/aromatic N) is 4. The van der Waals surface area contributed by atoms with Crippen LogP contribution in [0.15, 0.2) is 24.3 Å². The highest BCUT2D eigenvalue weighted by molar-refractivity contribution is 6.06. The normalized spacial score (nSPS) is 13.1. The standard InChI is InChI=1S/C24H29N5O4/c1-14-22-17(11-18(16-7-8-16)26-23(22)29(4)27-14)24(31)25-12-15-6-9-19(20(10-15)32-5)33-13-21(30)28(2)3/h6,9-11,16H,7-8,12-13H2,1-5H3,(H,25,31). The van der Waals surface area contributed by atoms with Crippen LogP contribution in [0.5, 0.6) is 11.5 Å². The van der Waals surface area contributed by atoms with Gasteiger partial charge in [-0.25, -0.2) is 4.98 Å². The summed E-state index contributed by atoms with van der Waals surface area (Å²) in [5.74, 6) is 1.08. The van der Waals surface area contributed by atoms with E-state index in [1.807, 2.05) is 26.1 Å². The van der Waals surface area contributed by atoms with E-state index < -0.39 is 0 Å². The number of fused-ring (bicyclic) bond motifs is 1. The maximum atomic E-state index is 13.2. The highest BCUT2D eigenvalue weighted by Gasteiger charge is 2.28. The minimum Gasteiger partial charge on any atom is -0.493 e. The quantitative estimate of drug-likeness (QED) is 0.565. The molecule has 2 aromatic heterocycles. The molecule has 1 aromatic carbocycles. The third kappa shape index (κ3) is 4.76. The second-order valence-corrected chi connectivity index (χ2v) is 8.52. The number of likely N-dealkylation sites (N-methyl/N-ethyl adjacent to an activating group) is 1. The van der Waals surface area contributed by atoms with Gasteiger partial charge in [0.1, 0.15) is 0 Å². The fraction of sp³-hybridized carbons (Fsp3) is 0.417. The number of ether oxygens (including phenoxy) is 2. The number of methoxy groups -OCH3 is 1. The van der Waals surface area contributed by atoms with Crippen LogP contribution in [-0.2, 0) is 18.4 Å². The van der Waals surface area contributed by atoms with Crippen LogP contribution in [0.1, 0.15) is 46.1 Å². The van der Waals surface area contributed by atoms with E-state index in [1.165, 1.54) is 12.0 Å². The molecule has 1 aliphatic rings. The minimum atomic E-state index is -0.170. The van der Waals surface area contributed by atoms with Gasteiger partial charge in [0.05, 0.1) is 23.8 Å². The average Bonchev–Trinajstić information content (AvgIpc) is 3.61. The second kappa shape index (κ2) is 9.09. The first-order valence-corrected chi connectivity index (χ1v) is 10.9. The number of carbonyl (C=O) groups is 2. The lowest BCUT2D eigenvalue weighted by molar-refractivity contribution is -0.130. The number of amides is 2. The lowest BCUT2D eigenvalue weighted by atomic mass is 10.1. The number of carbonyl (C=O) groups excluding carboxylic acids is 2. The second-order valence-electron chi connectivity index (χ2n) is 8.52. The number of hydrogen-bond donors (Lipinski definition) is 1. The Kier molecular flexibility index (Phi) is 6.22. The third-order valence-corrected chi connectivity index (χ3v) is 5.76. The zero-order chi connectivity index (χ0) is 23.7. The van der Waals surface area contributed by atoms with Crippen LogP contribution in [0.4, 0.5) is 0 Å². The molecule has 2 heterocycles. The number of rotatable bonds is 8. The zero-order valence-corrected chi connectivity index (χ0v) is 19.6. The van der Waals surface area contributed by atoms with Crippen LogP contribution in [0.25, 0.3) is 11.0 Å². The van der Waals surface area contributed by atoms with Gasteiger partial charge in [-0.1, -0.05) is 6.07 Å². The summed E-state index contributed by atoms with van der Waals surface area (Å²) in [5, 5.41) is 8.25. The predicted molar refractivity (Wildman–Crippen MR) is 124 cm³/mol. The highest BCUT2D eigenvalue weighted by atomic mass is 16.5. The SMILES string of the molecule is COc1cc(CNC(=O)c2cc(C3CC3)nc3c2c(C)nn3C)ccc1OCC(=O)N(C)C. The lowest BCUT2D eigenvalue weighted by Gasteiger charge is -2.14. The van der Waals surface area contributed by atoms with Crippen molar-refractivity contribution < 1.29 is 19.1 Å². The van der Waals surface area contributed by atoms with Gasteiger partial charge in [-0.2, -0.15) is 5.10 Å². The van der Waals surface area contributed by atoms with E-state index in [-0.39, 0.29) is 18.4 Å². The Hall–Kier alpha value is -3.62. The van der Waals surface area contributed by atoms with Gasteiger partial charge in [-0.15, -0.1) is 0 Å². The van der Waals surface area contributed by atoms with E-state index in [1.54, 1.807) is 30.9 Å². The minimum absolute atomic E-state index is 0.0781. The van der Waals surface area contributed by atoms with Crippen LogP contribution in [-0.4, -0.2) is 59.3 Å². The van der Waals surface area contributed by atoms with E-state index in [4.69, 9.17) is 14.5 Å². The van der Waals surface area contributed by atoms with Gasteiger partial charge in [0.25, 0.3) is 11.8 Å². The van der Waals surface area contributed by atoms with Crippen molar-refractivity contribution >= 4 is 22.8 Å². The predicted octanol–water partition coefficient (Wildman–Crippen LogP) is 2.56. The van der Waals surface area contributed by atoms with Crippen molar-refractivity contribution in [3.63, 3.8) is 0 Å². The first-order valence-electron chi connectivity index (χ1n) is 10.9. The van der Waals surface area contributed by atoms with Crippen LogP contribution in [0, 0.1) is 6.92 Å². The van der Waals surface area contributed by atoms with Crippen LogP contribution in [0.2, 0.25) is 0 Å². The Labute approximate surface area is 192 Å². The molecule has 9 nitrogen and oxygen atoms in total. The molecular formula is C24H29N5O4. The molecule has 0 radical (unpaired) electrons. The molecule has 1 saturated carbocycles. The van der Waals surface area contributed by atoms with Crippen molar-refractivity contribution in [3.05, 3.63) is 46.8 Å². The maximum Gasteiger partial charge on any atom is 0.259 e. The van der Waals surface area contributed by atoms with Gasteiger partial charge in [-0.3, -0.25) is 14.3 Å². The molecule has 0 atom stereocenters. The van der Waals surface area contributed by atoms with Crippen molar-refractivity contribution in [2.75, 3.05) is 27.8 Å². The van der Waals surface area contributed by atoms with Gasteiger partial charge in [0, 0.05) is 39.3 Å². The molecule has 0 aliphatic heterocycles. The van der Waals surface area contributed by atoms with E-state index in [2.05, 4.69) is 10.4 Å². The Morgan fingerprint density at radius 3 is 2.64 bits per heavy atom. The van der Waals surface area contributed by atoms with E-state index in [9.17, 15) is 9.59 Å². The number of benzene rings is 1. The number of pyridine rings is 1. The van der Waals surface area contributed by atoms with Crippen molar-refractivity contribution in [2.24, 2.45) is 7.05 Å². The van der Waals surface area contributed by atoms with Crippen molar-refractivity contribution in [3.8, 4) is 11.5 Å². The average molecular weight is 452 g/mol. The van der Waals surface area contributed by atoms with Crippen molar-refractivity contribution in [1.29, 1.82) is 0 Å². The van der Waals surface area contributed by atoms with Gasteiger partial charge >= 0.3 is 0 Å². The first kappa shape index (κ1) is 22.6. The van der Waals surface area contributed by atoms with Crippen molar-refractivity contribution in [1.82, 2.24) is 25.0 Å². The topological polar surface area (TPSA) is 98.6 Å². The van der Waals surface area contributed by atoms with Crippen LogP contribution in [0.3, 0.4) is 0 Å². The first-order chi connectivity index (χ1) is 15.8. The summed E-state index contributed by atoms with van der Waals surface area (Å²) in [5.41, 5.74) is 3.91. The molecule has 0 unspecified atom stereocenters. The van der Waals surface area contributed by atoms with E-state index in [0.29, 0.717) is 29.5 Å². The summed E-state index contributed by atoms with van der Waals surface area (Å²) in [7, 11) is 6.73. The molecule has 1 fully saturated rings. The molecule has 0 saturated heterocycles.